The summed E-state index contributed by atoms with van der Waals surface area (Å²) >= 11 is 0. The highest BCUT2D eigenvalue weighted by Gasteiger charge is 2.29. The first-order chi connectivity index (χ1) is 12.3. The zero-order valence-corrected chi connectivity index (χ0v) is 16.1. The van der Waals surface area contributed by atoms with Crippen LogP contribution in [0.2, 0.25) is 0 Å². The summed E-state index contributed by atoms with van der Waals surface area (Å²) in [4.78, 5) is 21.2. The molecule has 0 radical (unpaired) electrons. The Morgan fingerprint density at radius 2 is 2.12 bits per heavy atom. The van der Waals surface area contributed by atoms with Crippen LogP contribution in [0.15, 0.2) is 24.3 Å². The molecule has 1 atom stereocenters. The number of hydrogen-bond acceptors (Lipinski definition) is 5. The Bertz CT molecular complexity index is 778. The van der Waals surface area contributed by atoms with Crippen LogP contribution in [0.4, 0.5) is 5.82 Å². The summed E-state index contributed by atoms with van der Waals surface area (Å²) in [6.45, 7) is 7.77. The minimum atomic E-state index is -0.228. The van der Waals surface area contributed by atoms with Gasteiger partial charge in [-0.3, -0.25) is 9.89 Å². The maximum absolute atomic E-state index is 12.9. The number of aromatic nitrogens is 3. The lowest BCUT2D eigenvalue weighted by atomic mass is 9.92. The average molecular weight is 357 g/mol. The van der Waals surface area contributed by atoms with Gasteiger partial charge in [-0.25, -0.2) is 4.98 Å². The molecule has 2 aromatic heterocycles. The third-order valence-corrected chi connectivity index (χ3v) is 4.50. The molecule has 1 amide bonds. The summed E-state index contributed by atoms with van der Waals surface area (Å²) in [6, 6.07) is 7.70. The van der Waals surface area contributed by atoms with Gasteiger partial charge in [0, 0.05) is 31.7 Å². The Hall–Kier alpha value is -2.41. The molecule has 7 heteroatoms. The quantitative estimate of drug-likeness (QED) is 0.913. The molecule has 1 aliphatic heterocycles. The highest BCUT2D eigenvalue weighted by Crippen LogP contribution is 2.25. The van der Waals surface area contributed by atoms with Crippen LogP contribution in [-0.2, 0) is 10.2 Å². The van der Waals surface area contributed by atoms with Crippen molar-refractivity contribution in [2.75, 3.05) is 38.7 Å². The average Bonchev–Trinajstić information content (AvgIpc) is 3.12. The lowest BCUT2D eigenvalue weighted by Gasteiger charge is -2.32. The van der Waals surface area contributed by atoms with Crippen LogP contribution in [0.25, 0.3) is 0 Å². The third-order valence-electron chi connectivity index (χ3n) is 4.50. The van der Waals surface area contributed by atoms with Crippen molar-refractivity contribution in [3.05, 3.63) is 41.3 Å². The minimum Gasteiger partial charge on any atom is -0.368 e. The molecule has 26 heavy (non-hydrogen) atoms. The van der Waals surface area contributed by atoms with Gasteiger partial charge in [0.05, 0.1) is 18.8 Å². The number of rotatable bonds is 3. The lowest BCUT2D eigenvalue weighted by molar-refractivity contribution is -0.0248. The van der Waals surface area contributed by atoms with E-state index in [1.165, 1.54) is 0 Å². The topological polar surface area (TPSA) is 74.4 Å². The predicted octanol–water partition coefficient (Wildman–Crippen LogP) is 2.38. The van der Waals surface area contributed by atoms with Gasteiger partial charge < -0.3 is 14.5 Å². The fraction of sp³-hybridized carbons (Fsp3) is 0.526. The number of hydrogen-bond donors (Lipinski definition) is 1. The molecule has 0 spiro atoms. The van der Waals surface area contributed by atoms with Crippen molar-refractivity contribution in [1.29, 1.82) is 0 Å². The first kappa shape index (κ1) is 18.4. The number of nitrogens with zero attached hydrogens (tertiary/aromatic N) is 4. The summed E-state index contributed by atoms with van der Waals surface area (Å²) in [7, 11) is 3.90. The van der Waals surface area contributed by atoms with Gasteiger partial charge in [-0.1, -0.05) is 26.8 Å². The molecule has 2 aromatic rings. The van der Waals surface area contributed by atoms with E-state index in [1.54, 1.807) is 4.90 Å². The number of amides is 1. The van der Waals surface area contributed by atoms with Crippen LogP contribution in [0, 0.1) is 0 Å². The van der Waals surface area contributed by atoms with E-state index in [0.29, 0.717) is 25.4 Å². The molecule has 0 aliphatic carbocycles. The van der Waals surface area contributed by atoms with Crippen molar-refractivity contribution in [3.8, 4) is 0 Å². The van der Waals surface area contributed by atoms with Crippen molar-refractivity contribution in [3.63, 3.8) is 0 Å². The van der Waals surface area contributed by atoms with Gasteiger partial charge in [-0.15, -0.1) is 0 Å². The fourth-order valence-electron chi connectivity index (χ4n) is 2.86. The Labute approximate surface area is 154 Å². The van der Waals surface area contributed by atoms with Crippen LogP contribution in [0.1, 0.15) is 48.8 Å². The van der Waals surface area contributed by atoms with Gasteiger partial charge in [0.2, 0.25) is 0 Å². The van der Waals surface area contributed by atoms with Crippen LogP contribution in [0.3, 0.4) is 0 Å². The number of nitrogens with one attached hydrogen (secondary N) is 1. The maximum atomic E-state index is 12.9. The van der Waals surface area contributed by atoms with Gasteiger partial charge in [0.1, 0.15) is 17.6 Å². The monoisotopic (exact) mass is 357 g/mol. The van der Waals surface area contributed by atoms with Crippen molar-refractivity contribution in [2.45, 2.75) is 32.3 Å². The van der Waals surface area contributed by atoms with E-state index in [4.69, 9.17) is 4.74 Å². The van der Waals surface area contributed by atoms with Crippen molar-refractivity contribution < 1.29 is 9.53 Å². The van der Waals surface area contributed by atoms with Gasteiger partial charge >= 0.3 is 0 Å². The molecule has 1 fully saturated rings. The number of carbonyl (C=O) groups excluding carboxylic acids is 1. The number of carbonyl (C=O) groups is 1. The number of H-pyrrole nitrogens is 1. The highest BCUT2D eigenvalue weighted by atomic mass is 16.5. The van der Waals surface area contributed by atoms with E-state index in [-0.39, 0.29) is 17.4 Å². The Morgan fingerprint density at radius 3 is 2.77 bits per heavy atom. The predicted molar refractivity (Wildman–Crippen MR) is 100 cm³/mol. The molecule has 1 unspecified atom stereocenters. The van der Waals surface area contributed by atoms with Gasteiger partial charge in [0.15, 0.2) is 0 Å². The fourth-order valence-corrected chi connectivity index (χ4v) is 2.86. The molecule has 1 aliphatic rings. The van der Waals surface area contributed by atoms with Crippen LogP contribution in [0.5, 0.6) is 0 Å². The van der Waals surface area contributed by atoms with Crippen molar-refractivity contribution in [2.24, 2.45) is 0 Å². The third kappa shape index (κ3) is 3.88. The van der Waals surface area contributed by atoms with Gasteiger partial charge in [-0.2, -0.15) is 5.10 Å². The van der Waals surface area contributed by atoms with Crippen LogP contribution < -0.4 is 4.90 Å². The summed E-state index contributed by atoms with van der Waals surface area (Å²) in [5.41, 5.74) is 2.16. The molecule has 0 saturated carbocycles. The zero-order chi connectivity index (χ0) is 18.9. The summed E-state index contributed by atoms with van der Waals surface area (Å²) in [5, 5.41) is 7.20. The second-order valence-corrected chi connectivity index (χ2v) is 7.84. The second-order valence-electron chi connectivity index (χ2n) is 7.84. The van der Waals surface area contributed by atoms with Crippen LogP contribution in [-0.4, -0.2) is 59.8 Å². The van der Waals surface area contributed by atoms with E-state index in [2.05, 4.69) is 36.0 Å². The molecule has 140 valence electrons. The first-order valence-corrected chi connectivity index (χ1v) is 8.87. The number of aromatic amines is 1. The molecular formula is C19H27N5O2. The smallest absolute Gasteiger partial charge is 0.274 e. The summed E-state index contributed by atoms with van der Waals surface area (Å²) < 4.78 is 5.87. The molecule has 0 bridgehead atoms. The summed E-state index contributed by atoms with van der Waals surface area (Å²) in [5.74, 6) is 0.797. The second kappa shape index (κ2) is 7.07. The lowest BCUT2D eigenvalue weighted by Crippen LogP contribution is -2.42. The Morgan fingerprint density at radius 1 is 1.35 bits per heavy atom. The minimum absolute atomic E-state index is 0.0738. The normalized spacial score (nSPS) is 18.0. The standard InChI is InChI=1S/C19H27N5O2/c1-19(2,3)16-11-14(21-22-16)18(25)24-9-10-26-15(12-24)13-7-6-8-17(20-13)23(4)5/h6-8,11,15H,9-10,12H2,1-5H3,(H,21,22). The Kier molecular flexibility index (Phi) is 5.00. The van der Waals surface area contributed by atoms with E-state index in [1.807, 2.05) is 43.3 Å². The zero-order valence-electron chi connectivity index (χ0n) is 16.1. The largest absolute Gasteiger partial charge is 0.368 e. The molecule has 1 N–H and O–H groups in total. The molecule has 0 aromatic carbocycles. The van der Waals surface area contributed by atoms with E-state index >= 15 is 0 Å². The van der Waals surface area contributed by atoms with E-state index in [9.17, 15) is 4.79 Å². The van der Waals surface area contributed by atoms with E-state index < -0.39 is 0 Å². The SMILES string of the molecule is CN(C)c1cccc(C2CN(C(=O)c3cc(C(C)(C)C)[nH]n3)CCO2)n1. The first-order valence-electron chi connectivity index (χ1n) is 8.87. The molecular weight excluding hydrogens is 330 g/mol. The molecule has 3 heterocycles. The van der Waals surface area contributed by atoms with E-state index in [0.717, 1.165) is 17.2 Å². The number of morpholine rings is 1. The van der Waals surface area contributed by atoms with Gasteiger partial charge in [0.25, 0.3) is 5.91 Å². The highest BCUT2D eigenvalue weighted by molar-refractivity contribution is 5.92. The van der Waals surface area contributed by atoms with Crippen LogP contribution >= 0.6 is 0 Å². The Balaban J connectivity index is 1.75. The number of pyridine rings is 1. The maximum Gasteiger partial charge on any atom is 0.274 e. The molecule has 7 nitrogen and oxygen atoms in total. The number of ether oxygens (including phenoxy) is 1. The summed E-state index contributed by atoms with van der Waals surface area (Å²) in [6.07, 6.45) is -0.228. The molecule has 3 rings (SSSR count). The van der Waals surface area contributed by atoms with Crippen molar-refractivity contribution in [1.82, 2.24) is 20.1 Å². The number of anilines is 1. The van der Waals surface area contributed by atoms with Gasteiger partial charge in [-0.05, 0) is 18.2 Å². The molecule has 1 saturated heterocycles. The van der Waals surface area contributed by atoms with Crippen molar-refractivity contribution >= 4 is 11.7 Å².